The van der Waals surface area contributed by atoms with Crippen molar-refractivity contribution in [3.8, 4) is 11.5 Å². The number of amides is 4. The van der Waals surface area contributed by atoms with Crippen molar-refractivity contribution in [3.05, 3.63) is 95.1 Å². The molecule has 1 atom stereocenters. The third-order valence-electron chi connectivity index (χ3n) is 6.68. The van der Waals surface area contributed by atoms with Gasteiger partial charge in [-0.05, 0) is 47.2 Å². The lowest BCUT2D eigenvalue weighted by molar-refractivity contribution is -0.135. The first-order valence-electron chi connectivity index (χ1n) is 11.8. The van der Waals surface area contributed by atoms with E-state index in [0.717, 1.165) is 27.2 Å². The summed E-state index contributed by atoms with van der Waals surface area (Å²) >= 11 is 0. The summed E-state index contributed by atoms with van der Waals surface area (Å²) < 4.78 is 11.3. The maximum atomic E-state index is 13.2. The van der Waals surface area contributed by atoms with Crippen LogP contribution in [0.15, 0.2) is 72.8 Å². The van der Waals surface area contributed by atoms with Crippen LogP contribution in [0, 0.1) is 0 Å². The fourth-order valence-corrected chi connectivity index (χ4v) is 4.81. The van der Waals surface area contributed by atoms with E-state index >= 15 is 0 Å². The zero-order valence-corrected chi connectivity index (χ0v) is 20.0. The number of fused-ring (bicyclic) bond motifs is 2. The van der Waals surface area contributed by atoms with Crippen molar-refractivity contribution in [2.24, 2.45) is 0 Å². The second-order valence-electron chi connectivity index (χ2n) is 8.92. The average molecular weight is 486 g/mol. The Bertz CT molecular complexity index is 1310. The number of benzene rings is 3. The van der Waals surface area contributed by atoms with Crippen molar-refractivity contribution < 1.29 is 23.9 Å². The molecule has 184 valence electrons. The van der Waals surface area contributed by atoms with Gasteiger partial charge >= 0.3 is 6.03 Å². The third kappa shape index (κ3) is 4.37. The minimum Gasteiger partial charge on any atom is -0.493 e. The van der Waals surface area contributed by atoms with Gasteiger partial charge in [0.1, 0.15) is 18.7 Å². The summed E-state index contributed by atoms with van der Waals surface area (Å²) in [7, 11) is 1.56. The molecular weight excluding hydrogens is 458 g/mol. The van der Waals surface area contributed by atoms with Gasteiger partial charge in [0.25, 0.3) is 5.91 Å². The standard InChI is InChI=1S/C28H27N3O5/c1-35-24-15-20(11-12-23(24)36-18-19-7-3-2-4-8-19)16-29-25(32)17-31-26(33)28(30-27(31)34)14-13-21-9-5-6-10-22(21)28/h2-12,15H,13-14,16-18H2,1H3,(H,29,32)(H,30,34)/t28-/m0/s1. The Kier molecular flexibility index (Phi) is 6.33. The number of urea groups is 1. The number of carbonyl (C=O) groups excluding carboxylic acids is 3. The first-order chi connectivity index (χ1) is 17.5. The van der Waals surface area contributed by atoms with Crippen LogP contribution in [0.4, 0.5) is 4.79 Å². The molecule has 3 aromatic rings. The molecule has 0 unspecified atom stereocenters. The second kappa shape index (κ2) is 9.73. The Balaban J connectivity index is 1.19. The van der Waals surface area contributed by atoms with Gasteiger partial charge in [0.05, 0.1) is 7.11 Å². The first kappa shape index (κ1) is 23.4. The minimum atomic E-state index is -1.07. The van der Waals surface area contributed by atoms with E-state index in [-0.39, 0.29) is 19.0 Å². The molecule has 0 aromatic heterocycles. The van der Waals surface area contributed by atoms with Crippen molar-refractivity contribution in [2.45, 2.75) is 31.5 Å². The van der Waals surface area contributed by atoms with Crippen LogP contribution in [0.5, 0.6) is 11.5 Å². The Morgan fingerprint density at radius 3 is 2.58 bits per heavy atom. The number of methoxy groups -OCH3 is 1. The number of hydrogen-bond acceptors (Lipinski definition) is 5. The molecule has 5 rings (SSSR count). The van der Waals surface area contributed by atoms with Crippen LogP contribution in [0.3, 0.4) is 0 Å². The van der Waals surface area contributed by atoms with Crippen LogP contribution in [0.25, 0.3) is 0 Å². The molecule has 0 radical (unpaired) electrons. The lowest BCUT2D eigenvalue weighted by Gasteiger charge is -2.22. The monoisotopic (exact) mass is 485 g/mol. The maximum absolute atomic E-state index is 13.2. The molecule has 1 fully saturated rings. The summed E-state index contributed by atoms with van der Waals surface area (Å²) in [6, 6.07) is 22.3. The van der Waals surface area contributed by atoms with E-state index in [1.165, 1.54) is 0 Å². The summed E-state index contributed by atoms with van der Waals surface area (Å²) in [4.78, 5) is 39.5. The quantitative estimate of drug-likeness (QED) is 0.478. The summed E-state index contributed by atoms with van der Waals surface area (Å²) in [6.07, 6.45) is 1.20. The molecule has 1 saturated heterocycles. The van der Waals surface area contributed by atoms with Gasteiger partial charge in [-0.25, -0.2) is 4.79 Å². The zero-order chi connectivity index (χ0) is 25.1. The molecule has 3 aromatic carbocycles. The molecule has 36 heavy (non-hydrogen) atoms. The van der Waals surface area contributed by atoms with E-state index in [2.05, 4.69) is 10.6 Å². The number of aryl methyl sites for hydroxylation is 1. The summed E-state index contributed by atoms with van der Waals surface area (Å²) in [6.45, 7) is 0.279. The van der Waals surface area contributed by atoms with E-state index in [4.69, 9.17) is 9.47 Å². The maximum Gasteiger partial charge on any atom is 0.325 e. The Morgan fingerprint density at radius 1 is 1.00 bits per heavy atom. The molecule has 0 saturated carbocycles. The van der Waals surface area contributed by atoms with Crippen molar-refractivity contribution in [1.29, 1.82) is 0 Å². The molecule has 1 spiro atoms. The molecule has 2 N–H and O–H groups in total. The van der Waals surface area contributed by atoms with Gasteiger partial charge in [-0.2, -0.15) is 0 Å². The molecule has 8 nitrogen and oxygen atoms in total. The molecule has 1 heterocycles. The second-order valence-corrected chi connectivity index (χ2v) is 8.92. The normalized spacial score (nSPS) is 18.2. The number of nitrogens with zero attached hydrogens (tertiary/aromatic N) is 1. The van der Waals surface area contributed by atoms with Crippen molar-refractivity contribution in [1.82, 2.24) is 15.5 Å². The van der Waals surface area contributed by atoms with E-state index < -0.39 is 17.5 Å². The van der Waals surface area contributed by atoms with Crippen LogP contribution in [0.1, 0.15) is 28.7 Å². The van der Waals surface area contributed by atoms with Crippen LogP contribution in [0.2, 0.25) is 0 Å². The third-order valence-corrected chi connectivity index (χ3v) is 6.68. The van der Waals surface area contributed by atoms with Crippen molar-refractivity contribution >= 4 is 17.8 Å². The highest BCUT2D eigenvalue weighted by Gasteiger charge is 2.55. The number of ether oxygens (including phenoxy) is 2. The smallest absolute Gasteiger partial charge is 0.325 e. The fourth-order valence-electron chi connectivity index (χ4n) is 4.81. The zero-order valence-electron chi connectivity index (χ0n) is 20.0. The molecule has 1 aliphatic carbocycles. The highest BCUT2D eigenvalue weighted by molar-refractivity contribution is 6.09. The van der Waals surface area contributed by atoms with Crippen LogP contribution >= 0.6 is 0 Å². The minimum absolute atomic E-state index is 0.214. The van der Waals surface area contributed by atoms with Gasteiger partial charge in [0, 0.05) is 6.54 Å². The topological polar surface area (TPSA) is 97.0 Å². The van der Waals surface area contributed by atoms with Gasteiger partial charge < -0.3 is 20.1 Å². The largest absolute Gasteiger partial charge is 0.493 e. The average Bonchev–Trinajstić information content (AvgIpc) is 3.39. The summed E-state index contributed by atoms with van der Waals surface area (Å²) in [5.41, 5.74) is 2.62. The molecule has 2 aliphatic rings. The Hall–Kier alpha value is -4.33. The highest BCUT2D eigenvalue weighted by atomic mass is 16.5. The van der Waals surface area contributed by atoms with Crippen molar-refractivity contribution in [3.63, 3.8) is 0 Å². The predicted molar refractivity (Wildman–Crippen MR) is 132 cm³/mol. The SMILES string of the molecule is COc1cc(CNC(=O)CN2C(=O)N[C@]3(CCc4ccccc43)C2=O)ccc1OCc1ccccc1. The number of carbonyl (C=O) groups is 3. The first-order valence-corrected chi connectivity index (χ1v) is 11.8. The molecule has 1 aliphatic heterocycles. The number of nitrogens with one attached hydrogen (secondary N) is 2. The molecular formula is C28H27N3O5. The Morgan fingerprint density at radius 2 is 1.78 bits per heavy atom. The highest BCUT2D eigenvalue weighted by Crippen LogP contribution is 2.41. The Labute approximate surface area is 209 Å². The lowest BCUT2D eigenvalue weighted by Crippen LogP contribution is -2.43. The predicted octanol–water partition coefficient (Wildman–Crippen LogP) is 3.28. The fraction of sp³-hybridized carbons (Fsp3) is 0.250. The van der Waals surface area contributed by atoms with Crippen LogP contribution in [-0.4, -0.2) is 36.4 Å². The number of rotatable bonds is 8. The molecule has 0 bridgehead atoms. The number of hydrogen-bond donors (Lipinski definition) is 2. The van der Waals surface area contributed by atoms with Gasteiger partial charge in [-0.1, -0.05) is 60.7 Å². The summed E-state index contributed by atoms with van der Waals surface area (Å²) in [5, 5.41) is 5.62. The van der Waals surface area contributed by atoms with E-state index in [0.29, 0.717) is 30.9 Å². The van der Waals surface area contributed by atoms with Gasteiger partial charge in [0.2, 0.25) is 5.91 Å². The molecule has 8 heteroatoms. The van der Waals surface area contributed by atoms with E-state index in [1.807, 2.05) is 60.7 Å². The van der Waals surface area contributed by atoms with Gasteiger partial charge in [0.15, 0.2) is 11.5 Å². The van der Waals surface area contributed by atoms with Crippen molar-refractivity contribution in [2.75, 3.05) is 13.7 Å². The van der Waals surface area contributed by atoms with Gasteiger partial charge in [-0.3, -0.25) is 14.5 Å². The molecule has 4 amide bonds. The number of imide groups is 1. The van der Waals surface area contributed by atoms with Crippen LogP contribution < -0.4 is 20.1 Å². The van der Waals surface area contributed by atoms with E-state index in [9.17, 15) is 14.4 Å². The lowest BCUT2D eigenvalue weighted by atomic mass is 9.92. The summed E-state index contributed by atoms with van der Waals surface area (Å²) in [5.74, 6) is 0.339. The van der Waals surface area contributed by atoms with Gasteiger partial charge in [-0.15, -0.1) is 0 Å². The van der Waals surface area contributed by atoms with Crippen LogP contribution in [-0.2, 0) is 34.7 Å². The van der Waals surface area contributed by atoms with E-state index in [1.54, 1.807) is 19.2 Å².